The third-order valence-corrected chi connectivity index (χ3v) is 5.33. The number of carbonyl (C=O) groups is 1. The molecule has 0 saturated carbocycles. The van der Waals surface area contributed by atoms with Crippen molar-refractivity contribution in [1.29, 1.82) is 0 Å². The predicted octanol–water partition coefficient (Wildman–Crippen LogP) is 2.21. The van der Waals surface area contributed by atoms with E-state index in [-0.39, 0.29) is 17.9 Å². The molecule has 7 heteroatoms. The molecule has 2 atom stereocenters. The van der Waals surface area contributed by atoms with E-state index in [1.54, 1.807) is 0 Å². The summed E-state index contributed by atoms with van der Waals surface area (Å²) in [5, 5.41) is 8.98. The molecule has 2 aromatic rings. The molecule has 0 bridgehead atoms. The lowest BCUT2D eigenvalue weighted by molar-refractivity contribution is -0.134. The Morgan fingerprint density at radius 1 is 1.20 bits per heavy atom. The Kier molecular flexibility index (Phi) is 4.67. The van der Waals surface area contributed by atoms with Gasteiger partial charge in [0.1, 0.15) is 11.6 Å². The standard InChI is InChI=1S/C18H28N6O/c1-11(17-12(2)20-22(6)13(17)3)18(25)23-9-7-8-16(10-23)24-15(5)19-14(4)21-24/h11,16H,7-10H2,1-6H3/t11-,16-/m0/s1. The zero-order valence-electron chi connectivity index (χ0n) is 16.1. The highest BCUT2D eigenvalue weighted by atomic mass is 16.2. The maximum absolute atomic E-state index is 13.1. The SMILES string of the molecule is Cc1nc(C)n([C@H]2CCCN(C(=O)[C@@H](C)c3c(C)nn(C)c3C)C2)n1. The van der Waals surface area contributed by atoms with Gasteiger partial charge in [-0.15, -0.1) is 0 Å². The van der Waals surface area contributed by atoms with Gasteiger partial charge >= 0.3 is 0 Å². The first kappa shape index (κ1) is 17.6. The van der Waals surface area contributed by atoms with Gasteiger partial charge in [-0.25, -0.2) is 9.67 Å². The van der Waals surface area contributed by atoms with Crippen molar-refractivity contribution in [3.63, 3.8) is 0 Å². The smallest absolute Gasteiger partial charge is 0.230 e. The summed E-state index contributed by atoms with van der Waals surface area (Å²) in [7, 11) is 1.93. The van der Waals surface area contributed by atoms with Crippen LogP contribution in [0.4, 0.5) is 0 Å². The average Bonchev–Trinajstić information content (AvgIpc) is 3.04. The van der Waals surface area contributed by atoms with Gasteiger partial charge in [0.25, 0.3) is 0 Å². The zero-order valence-corrected chi connectivity index (χ0v) is 16.1. The van der Waals surface area contributed by atoms with E-state index in [2.05, 4.69) is 15.2 Å². The minimum Gasteiger partial charge on any atom is -0.340 e. The van der Waals surface area contributed by atoms with Crippen molar-refractivity contribution >= 4 is 5.91 Å². The highest BCUT2D eigenvalue weighted by molar-refractivity contribution is 5.84. The predicted molar refractivity (Wildman–Crippen MR) is 95.4 cm³/mol. The summed E-state index contributed by atoms with van der Waals surface area (Å²) in [6, 6.07) is 0.210. The summed E-state index contributed by atoms with van der Waals surface area (Å²) in [5.74, 6) is 1.71. The number of rotatable bonds is 3. The van der Waals surface area contributed by atoms with Crippen molar-refractivity contribution in [3.8, 4) is 0 Å². The molecule has 3 heterocycles. The van der Waals surface area contributed by atoms with Crippen LogP contribution in [0.5, 0.6) is 0 Å². The minimum absolute atomic E-state index is 0.175. The number of hydrogen-bond acceptors (Lipinski definition) is 4. The van der Waals surface area contributed by atoms with Gasteiger partial charge in [-0.2, -0.15) is 10.2 Å². The van der Waals surface area contributed by atoms with Gasteiger partial charge in [0, 0.05) is 31.4 Å². The normalized spacial score (nSPS) is 19.3. The second kappa shape index (κ2) is 6.61. The molecule has 136 valence electrons. The Labute approximate surface area is 149 Å². The van der Waals surface area contributed by atoms with E-state index in [1.165, 1.54) is 0 Å². The number of aryl methyl sites for hydroxylation is 4. The number of aromatic nitrogens is 5. The largest absolute Gasteiger partial charge is 0.340 e. The number of amides is 1. The van der Waals surface area contributed by atoms with Crippen molar-refractivity contribution in [2.75, 3.05) is 13.1 Å². The summed E-state index contributed by atoms with van der Waals surface area (Å²) in [6.45, 7) is 11.4. The van der Waals surface area contributed by atoms with E-state index in [4.69, 9.17) is 0 Å². The number of carbonyl (C=O) groups excluding carboxylic acids is 1. The van der Waals surface area contributed by atoms with E-state index in [1.807, 2.05) is 55.9 Å². The third kappa shape index (κ3) is 3.19. The van der Waals surface area contributed by atoms with Crippen LogP contribution in [0.25, 0.3) is 0 Å². The highest BCUT2D eigenvalue weighted by Gasteiger charge is 2.31. The van der Waals surface area contributed by atoms with Crippen LogP contribution in [0.2, 0.25) is 0 Å². The van der Waals surface area contributed by atoms with Crippen molar-refractivity contribution in [2.45, 2.75) is 59.4 Å². The lowest BCUT2D eigenvalue weighted by atomic mass is 9.96. The van der Waals surface area contributed by atoms with Crippen LogP contribution in [0, 0.1) is 27.7 Å². The lowest BCUT2D eigenvalue weighted by Crippen LogP contribution is -2.43. The molecule has 1 fully saturated rings. The van der Waals surface area contributed by atoms with Crippen LogP contribution in [0.1, 0.15) is 60.3 Å². The third-order valence-electron chi connectivity index (χ3n) is 5.33. The minimum atomic E-state index is -0.175. The Bertz CT molecular complexity index is 790. The summed E-state index contributed by atoms with van der Waals surface area (Å²) in [5.41, 5.74) is 3.06. The second-order valence-corrected chi connectivity index (χ2v) is 7.16. The van der Waals surface area contributed by atoms with Crippen molar-refractivity contribution in [1.82, 2.24) is 29.4 Å². The maximum Gasteiger partial charge on any atom is 0.230 e. The molecular weight excluding hydrogens is 316 g/mol. The fourth-order valence-electron chi connectivity index (χ4n) is 4.05. The Morgan fingerprint density at radius 2 is 1.92 bits per heavy atom. The fraction of sp³-hybridized carbons (Fsp3) is 0.667. The van der Waals surface area contributed by atoms with Crippen LogP contribution in [0.15, 0.2) is 0 Å². The monoisotopic (exact) mass is 344 g/mol. The van der Waals surface area contributed by atoms with E-state index in [0.29, 0.717) is 6.54 Å². The van der Waals surface area contributed by atoms with Crippen LogP contribution in [0.3, 0.4) is 0 Å². The molecule has 25 heavy (non-hydrogen) atoms. The van der Waals surface area contributed by atoms with Crippen LogP contribution in [-0.4, -0.2) is 48.4 Å². The second-order valence-electron chi connectivity index (χ2n) is 7.16. The first-order chi connectivity index (χ1) is 11.8. The van der Waals surface area contributed by atoms with Gasteiger partial charge in [0.2, 0.25) is 5.91 Å². The molecule has 0 aromatic carbocycles. The van der Waals surface area contributed by atoms with E-state index >= 15 is 0 Å². The number of likely N-dealkylation sites (tertiary alicyclic amines) is 1. The van der Waals surface area contributed by atoms with E-state index in [9.17, 15) is 4.79 Å². The molecular formula is C18H28N6O. The fourth-order valence-corrected chi connectivity index (χ4v) is 4.05. The molecule has 0 unspecified atom stereocenters. The maximum atomic E-state index is 13.1. The van der Waals surface area contributed by atoms with Crippen molar-refractivity contribution in [3.05, 3.63) is 28.6 Å². The van der Waals surface area contributed by atoms with Crippen molar-refractivity contribution in [2.24, 2.45) is 7.05 Å². The molecule has 0 aliphatic carbocycles. The Morgan fingerprint density at radius 3 is 2.48 bits per heavy atom. The molecule has 1 amide bonds. The lowest BCUT2D eigenvalue weighted by Gasteiger charge is -2.34. The van der Waals surface area contributed by atoms with Crippen LogP contribution >= 0.6 is 0 Å². The summed E-state index contributed by atoms with van der Waals surface area (Å²) >= 11 is 0. The van der Waals surface area contributed by atoms with Crippen LogP contribution in [-0.2, 0) is 11.8 Å². The Balaban J connectivity index is 1.79. The quantitative estimate of drug-likeness (QED) is 0.856. The molecule has 1 aliphatic rings. The summed E-state index contributed by atoms with van der Waals surface area (Å²) in [6.07, 6.45) is 2.03. The summed E-state index contributed by atoms with van der Waals surface area (Å²) < 4.78 is 3.84. The van der Waals surface area contributed by atoms with Crippen LogP contribution < -0.4 is 0 Å². The Hall–Kier alpha value is -2.18. The van der Waals surface area contributed by atoms with E-state index < -0.39 is 0 Å². The molecule has 2 aromatic heterocycles. The molecule has 3 rings (SSSR count). The number of piperidine rings is 1. The number of nitrogens with zero attached hydrogens (tertiary/aromatic N) is 6. The van der Waals surface area contributed by atoms with Gasteiger partial charge in [-0.3, -0.25) is 9.48 Å². The molecule has 0 N–H and O–H groups in total. The number of hydrogen-bond donors (Lipinski definition) is 0. The van der Waals surface area contributed by atoms with Gasteiger partial charge in [0.05, 0.1) is 17.7 Å². The summed E-state index contributed by atoms with van der Waals surface area (Å²) in [4.78, 5) is 19.5. The zero-order chi connectivity index (χ0) is 18.3. The molecule has 7 nitrogen and oxygen atoms in total. The molecule has 0 spiro atoms. The van der Waals surface area contributed by atoms with Crippen molar-refractivity contribution < 1.29 is 4.79 Å². The topological polar surface area (TPSA) is 68.8 Å². The first-order valence-corrected chi connectivity index (χ1v) is 8.98. The molecule has 1 saturated heterocycles. The molecule has 1 aliphatic heterocycles. The van der Waals surface area contributed by atoms with Gasteiger partial charge in [-0.05, 0) is 47.5 Å². The van der Waals surface area contributed by atoms with Gasteiger partial charge in [-0.1, -0.05) is 0 Å². The highest BCUT2D eigenvalue weighted by Crippen LogP contribution is 2.28. The van der Waals surface area contributed by atoms with Gasteiger partial charge < -0.3 is 4.90 Å². The van der Waals surface area contributed by atoms with Gasteiger partial charge in [0.15, 0.2) is 0 Å². The average molecular weight is 344 g/mol. The van der Waals surface area contributed by atoms with E-state index in [0.717, 1.165) is 48.0 Å². The first-order valence-electron chi connectivity index (χ1n) is 8.98. The molecule has 0 radical (unpaired) electrons.